The molecule has 0 saturated carbocycles. The molecule has 0 atom stereocenters. The van der Waals surface area contributed by atoms with Crippen molar-refractivity contribution in [2.75, 3.05) is 0 Å². The molecule has 11 aromatic rings. The summed E-state index contributed by atoms with van der Waals surface area (Å²) in [5.74, 6) is 2.33. The van der Waals surface area contributed by atoms with Crippen LogP contribution in [-0.4, -0.2) is 23.7 Å². The first kappa shape index (κ1) is 39.4. The fraction of sp³-hybridized carbons (Fsp3) is 0.0702. The summed E-state index contributed by atoms with van der Waals surface area (Å²) in [6.45, 7) is 6.75. The van der Waals surface area contributed by atoms with E-state index in [-0.39, 0.29) is 5.41 Å². The van der Waals surface area contributed by atoms with Gasteiger partial charge in [-0.1, -0.05) is 39.0 Å². The topological polar surface area (TPSA) is 49.8 Å². The second-order valence-electron chi connectivity index (χ2n) is 17.0. The Morgan fingerprint density at radius 2 is 1.08 bits per heavy atom. The van der Waals surface area contributed by atoms with Crippen molar-refractivity contribution < 1.29 is 24.1 Å². The van der Waals surface area contributed by atoms with Gasteiger partial charge in [-0.25, -0.2) is 0 Å². The van der Waals surface area contributed by atoms with E-state index in [9.17, 15) is 0 Å². The SMILES string of the molecule is CC(C)(C)c1cc(-n2c3ccccc3c3ccc(Oc4cccc(-n5[c](=[Pt])n(-c6c(-c7ccccc7)cccc6-c6ccccc6)c6ccccc65)c4)cc32)ncc1-c1cccnc1. The molecule has 7 aromatic carbocycles. The van der Waals surface area contributed by atoms with Crippen molar-refractivity contribution in [1.29, 1.82) is 0 Å². The number of imidazole rings is 1. The molecule has 4 aromatic heterocycles. The van der Waals surface area contributed by atoms with Gasteiger partial charge < -0.3 is 0 Å². The van der Waals surface area contributed by atoms with E-state index in [2.05, 4.69) is 235 Å². The summed E-state index contributed by atoms with van der Waals surface area (Å²) in [6.07, 6.45) is 5.72. The maximum absolute atomic E-state index is 6.82. The summed E-state index contributed by atoms with van der Waals surface area (Å²) in [6, 6.07) is 66.2. The molecule has 4 heterocycles. The molecule has 0 aliphatic carbocycles. The van der Waals surface area contributed by atoms with Gasteiger partial charge in [0.05, 0.1) is 0 Å². The molecule has 6 nitrogen and oxygen atoms in total. The summed E-state index contributed by atoms with van der Waals surface area (Å²) in [7, 11) is 0. The molecule has 0 aliphatic rings. The van der Waals surface area contributed by atoms with Gasteiger partial charge >= 0.3 is 294 Å². The van der Waals surface area contributed by atoms with E-state index in [0.717, 1.165) is 98.7 Å². The minimum Gasteiger partial charge on any atom is -0.264 e. The monoisotopic (exact) mass is 1010 g/mol. The van der Waals surface area contributed by atoms with Crippen molar-refractivity contribution in [3.63, 3.8) is 0 Å². The zero-order chi connectivity index (χ0) is 43.4. The van der Waals surface area contributed by atoms with Gasteiger partial charge in [0.2, 0.25) is 0 Å². The third-order valence-corrected chi connectivity index (χ3v) is 13.0. The molecule has 7 heteroatoms. The van der Waals surface area contributed by atoms with Gasteiger partial charge in [0.1, 0.15) is 0 Å². The van der Waals surface area contributed by atoms with Gasteiger partial charge in [-0.05, 0) is 17.0 Å². The molecule has 0 saturated heterocycles. The van der Waals surface area contributed by atoms with Gasteiger partial charge in [-0.3, -0.25) is 4.98 Å². The Balaban J connectivity index is 1.03. The molecular formula is C57H43N5OPt. The van der Waals surface area contributed by atoms with E-state index >= 15 is 0 Å². The molecule has 0 radical (unpaired) electrons. The Bertz CT molecular complexity index is 3530. The number of benzene rings is 7. The predicted molar refractivity (Wildman–Crippen MR) is 257 cm³/mol. The van der Waals surface area contributed by atoms with Crippen molar-refractivity contribution >= 4 is 32.8 Å². The van der Waals surface area contributed by atoms with Gasteiger partial charge in [-0.2, -0.15) is 0 Å². The number of hydrogen-bond acceptors (Lipinski definition) is 3. The molecule has 0 amide bonds. The van der Waals surface area contributed by atoms with E-state index < -0.39 is 0 Å². The first-order chi connectivity index (χ1) is 31.3. The van der Waals surface area contributed by atoms with Crippen molar-refractivity contribution in [2.45, 2.75) is 26.2 Å². The van der Waals surface area contributed by atoms with Crippen LogP contribution < -0.4 is 4.74 Å². The number of pyridine rings is 2. The van der Waals surface area contributed by atoms with Gasteiger partial charge in [0.25, 0.3) is 0 Å². The van der Waals surface area contributed by atoms with E-state index in [4.69, 9.17) is 9.72 Å². The van der Waals surface area contributed by atoms with Crippen LogP contribution in [0.4, 0.5) is 0 Å². The van der Waals surface area contributed by atoms with Gasteiger partial charge in [-0.15, -0.1) is 0 Å². The smallest absolute Gasteiger partial charge is 0.264 e. The number of nitrogens with zero attached hydrogens (tertiary/aromatic N) is 5. The second-order valence-corrected chi connectivity index (χ2v) is 18.1. The predicted octanol–water partition coefficient (Wildman–Crippen LogP) is 14.5. The molecule has 0 bridgehead atoms. The van der Waals surface area contributed by atoms with E-state index in [1.165, 1.54) is 5.56 Å². The summed E-state index contributed by atoms with van der Waals surface area (Å²) < 4.78 is 14.9. The first-order valence-corrected chi connectivity index (χ1v) is 22.6. The Labute approximate surface area is 382 Å². The quantitative estimate of drug-likeness (QED) is 0.152. The minimum atomic E-state index is -0.140. The van der Waals surface area contributed by atoms with Crippen LogP contribution in [0.25, 0.3) is 83.4 Å². The number of fused-ring (bicyclic) bond motifs is 4. The minimum absolute atomic E-state index is 0.140. The fourth-order valence-electron chi connectivity index (χ4n) is 9.08. The molecule has 0 fully saturated rings. The van der Waals surface area contributed by atoms with E-state index in [1.54, 1.807) is 0 Å². The van der Waals surface area contributed by atoms with Gasteiger partial charge in [0, 0.05) is 29.7 Å². The van der Waals surface area contributed by atoms with E-state index in [1.807, 2.05) is 30.7 Å². The zero-order valence-electron chi connectivity index (χ0n) is 35.6. The maximum atomic E-state index is 6.82. The van der Waals surface area contributed by atoms with Crippen LogP contribution in [0, 0.1) is 3.80 Å². The van der Waals surface area contributed by atoms with Crippen LogP contribution in [0.3, 0.4) is 0 Å². The molecule has 64 heavy (non-hydrogen) atoms. The molecule has 11 rings (SSSR count). The van der Waals surface area contributed by atoms with Crippen LogP contribution in [0.15, 0.2) is 207 Å². The Morgan fingerprint density at radius 3 is 1.77 bits per heavy atom. The van der Waals surface area contributed by atoms with Crippen LogP contribution in [-0.2, 0) is 24.8 Å². The molecular weight excluding hydrogens is 966 g/mol. The molecule has 0 spiro atoms. The number of para-hydroxylation sites is 4. The summed E-state index contributed by atoms with van der Waals surface area (Å²) >= 11 is 2.50. The number of ether oxygens (including phenoxy) is 1. The molecule has 312 valence electrons. The summed E-state index contributed by atoms with van der Waals surface area (Å²) in [5.41, 5.74) is 14.3. The van der Waals surface area contributed by atoms with Gasteiger partial charge in [0.15, 0.2) is 0 Å². The molecule has 0 aliphatic heterocycles. The normalized spacial score (nSPS) is 11.8. The average Bonchev–Trinajstić information content (AvgIpc) is 3.82. The molecule has 0 N–H and O–H groups in total. The third kappa shape index (κ3) is 6.92. The van der Waals surface area contributed by atoms with Crippen molar-refractivity contribution in [1.82, 2.24) is 23.7 Å². The molecule has 0 unspecified atom stereocenters. The third-order valence-electron chi connectivity index (χ3n) is 12.0. The standard InChI is InChI=1S/C57H43N5O.Pt/c1-57(2,3)50-35-55(59-37-49(50)41-21-16-32-58-36-41)62-51-27-11-10-24-47(51)48-31-30-44(34-54(48)62)63-43-23-14-22-42(33-43)60-38-61(53-29-13-12-28-52(53)60)56-45(39-17-6-4-7-18-39)25-15-26-46(56)40-19-8-5-9-20-40;/h4-37H,1-3H3;. The summed E-state index contributed by atoms with van der Waals surface area (Å²) in [4.78, 5) is 9.54. The number of aromatic nitrogens is 5. The van der Waals surface area contributed by atoms with Crippen molar-refractivity contribution in [2.24, 2.45) is 0 Å². The average molecular weight is 1010 g/mol. The Kier molecular flexibility index (Phi) is 9.90. The number of rotatable bonds is 8. The van der Waals surface area contributed by atoms with Crippen LogP contribution in [0.5, 0.6) is 11.5 Å². The number of hydrogen-bond donors (Lipinski definition) is 0. The van der Waals surface area contributed by atoms with Crippen LogP contribution in [0.1, 0.15) is 26.3 Å². The Morgan fingerprint density at radius 1 is 0.469 bits per heavy atom. The fourth-order valence-corrected chi connectivity index (χ4v) is 10.2. The zero-order valence-corrected chi connectivity index (χ0v) is 37.9. The van der Waals surface area contributed by atoms with Crippen molar-refractivity contribution in [3.05, 3.63) is 216 Å². The second kappa shape index (κ2) is 16.1. The van der Waals surface area contributed by atoms with Crippen molar-refractivity contribution in [3.8, 4) is 62.1 Å². The summed E-state index contributed by atoms with van der Waals surface area (Å²) in [5, 5.41) is 2.30. The van der Waals surface area contributed by atoms with Crippen LogP contribution >= 0.6 is 0 Å². The first-order valence-electron chi connectivity index (χ1n) is 21.5. The Hall–Kier alpha value is -7.40. The van der Waals surface area contributed by atoms with Crippen LogP contribution in [0.2, 0.25) is 0 Å². The van der Waals surface area contributed by atoms with E-state index in [0.29, 0.717) is 0 Å².